The van der Waals surface area contributed by atoms with Gasteiger partial charge in [0.2, 0.25) is 0 Å². The summed E-state index contributed by atoms with van der Waals surface area (Å²) in [5, 5.41) is 6.75. The van der Waals surface area contributed by atoms with E-state index >= 15 is 0 Å². The number of aryl methyl sites for hydroxylation is 1. The van der Waals surface area contributed by atoms with Gasteiger partial charge >= 0.3 is 6.18 Å². The minimum absolute atomic E-state index is 0.00807. The summed E-state index contributed by atoms with van der Waals surface area (Å²) in [5.41, 5.74) is 1.76. The highest BCUT2D eigenvalue weighted by atomic mass is 19.4. The molecule has 2 atom stereocenters. The number of halogens is 4. The van der Waals surface area contributed by atoms with Crippen LogP contribution in [0.25, 0.3) is 10.9 Å². The Kier molecular flexibility index (Phi) is 5.22. The lowest BCUT2D eigenvalue weighted by atomic mass is 10.1. The summed E-state index contributed by atoms with van der Waals surface area (Å²) in [6.45, 7) is 4.67. The normalized spacial score (nSPS) is 17.3. The van der Waals surface area contributed by atoms with Gasteiger partial charge in [0.05, 0.1) is 30.5 Å². The number of fused-ring (bicyclic) bond motifs is 2. The SMILES string of the molecule is Cc1cc(F)cc2[nH]c(C(=O)N3Cc4c(C(=O)NC(C)C(F)(F)F)cnn4CC3C)cc12. The number of amides is 2. The number of hydrogen-bond acceptors (Lipinski definition) is 3. The molecule has 0 spiro atoms. The summed E-state index contributed by atoms with van der Waals surface area (Å²) in [6.07, 6.45) is -3.36. The number of nitrogens with zero attached hydrogens (tertiary/aromatic N) is 3. The van der Waals surface area contributed by atoms with E-state index < -0.39 is 23.9 Å². The van der Waals surface area contributed by atoms with Crippen molar-refractivity contribution in [1.82, 2.24) is 25.0 Å². The molecule has 2 amide bonds. The third-order valence-electron chi connectivity index (χ3n) is 5.72. The molecule has 0 bridgehead atoms. The first kappa shape index (κ1) is 21.8. The molecule has 170 valence electrons. The number of rotatable bonds is 3. The molecule has 0 fully saturated rings. The van der Waals surface area contributed by atoms with E-state index in [4.69, 9.17) is 0 Å². The quantitative estimate of drug-likeness (QED) is 0.598. The second-order valence-electron chi connectivity index (χ2n) is 8.07. The minimum atomic E-state index is -4.58. The van der Waals surface area contributed by atoms with Gasteiger partial charge in [-0.05, 0) is 44.5 Å². The van der Waals surface area contributed by atoms with Crippen LogP contribution in [0.2, 0.25) is 0 Å². The highest BCUT2D eigenvalue weighted by Gasteiger charge is 2.38. The molecule has 0 saturated carbocycles. The van der Waals surface area contributed by atoms with Crippen LogP contribution < -0.4 is 5.32 Å². The van der Waals surface area contributed by atoms with Crippen molar-refractivity contribution in [1.29, 1.82) is 0 Å². The van der Waals surface area contributed by atoms with Gasteiger partial charge in [-0.15, -0.1) is 0 Å². The van der Waals surface area contributed by atoms with Crippen LogP contribution in [0.5, 0.6) is 0 Å². The Morgan fingerprint density at radius 1 is 1.28 bits per heavy atom. The fourth-order valence-electron chi connectivity index (χ4n) is 3.86. The van der Waals surface area contributed by atoms with Gasteiger partial charge in [-0.1, -0.05) is 0 Å². The number of aromatic amines is 1. The van der Waals surface area contributed by atoms with E-state index in [2.05, 4.69) is 10.1 Å². The zero-order valence-electron chi connectivity index (χ0n) is 17.5. The van der Waals surface area contributed by atoms with E-state index in [0.29, 0.717) is 22.2 Å². The fourth-order valence-corrected chi connectivity index (χ4v) is 3.86. The van der Waals surface area contributed by atoms with Crippen molar-refractivity contribution in [2.75, 3.05) is 0 Å². The number of carbonyl (C=O) groups excluding carboxylic acids is 2. The summed E-state index contributed by atoms with van der Waals surface area (Å²) < 4.78 is 53.7. The van der Waals surface area contributed by atoms with E-state index in [0.717, 1.165) is 6.92 Å². The standard InChI is InChI=1S/C21H21F4N5O2/c1-10-4-13(22)5-16-14(10)6-17(28-16)20(32)29-9-18-15(7-26-30(18)8-11(29)2)19(31)27-12(3)21(23,24)25/h4-7,11-12,28H,8-9H2,1-3H3,(H,27,31). The van der Waals surface area contributed by atoms with Crippen molar-refractivity contribution in [3.05, 3.63) is 52.7 Å². The van der Waals surface area contributed by atoms with Crippen LogP contribution in [0.4, 0.5) is 17.6 Å². The van der Waals surface area contributed by atoms with Crippen molar-refractivity contribution >= 4 is 22.7 Å². The zero-order chi connectivity index (χ0) is 23.4. The molecule has 4 rings (SSSR count). The van der Waals surface area contributed by atoms with Crippen molar-refractivity contribution < 1.29 is 27.2 Å². The molecule has 32 heavy (non-hydrogen) atoms. The lowest BCUT2D eigenvalue weighted by Crippen LogP contribution is -2.46. The van der Waals surface area contributed by atoms with Crippen LogP contribution in [0.1, 0.15) is 46.0 Å². The molecular formula is C21H21F4N5O2. The summed E-state index contributed by atoms with van der Waals surface area (Å²) >= 11 is 0. The van der Waals surface area contributed by atoms with Gasteiger partial charge in [0.25, 0.3) is 11.8 Å². The number of nitrogens with one attached hydrogen (secondary N) is 2. The number of carbonyl (C=O) groups is 2. The van der Waals surface area contributed by atoms with Crippen molar-refractivity contribution in [2.45, 2.75) is 52.1 Å². The summed E-state index contributed by atoms with van der Waals surface area (Å²) in [5.74, 6) is -1.69. The Labute approximate surface area is 180 Å². The largest absolute Gasteiger partial charge is 0.408 e. The van der Waals surface area contributed by atoms with Gasteiger partial charge in [-0.3, -0.25) is 14.3 Å². The fraction of sp³-hybridized carbons (Fsp3) is 0.381. The maximum Gasteiger partial charge on any atom is 0.408 e. The molecule has 1 aliphatic heterocycles. The predicted octanol–water partition coefficient (Wildman–Crippen LogP) is 3.54. The molecule has 11 heteroatoms. The van der Waals surface area contributed by atoms with Gasteiger partial charge in [0, 0.05) is 16.9 Å². The highest BCUT2D eigenvalue weighted by molar-refractivity contribution is 5.99. The Hall–Kier alpha value is -3.37. The van der Waals surface area contributed by atoms with E-state index in [1.54, 1.807) is 13.0 Å². The van der Waals surface area contributed by atoms with Gasteiger partial charge in [0.15, 0.2) is 0 Å². The van der Waals surface area contributed by atoms with Gasteiger partial charge in [-0.2, -0.15) is 18.3 Å². The minimum Gasteiger partial charge on any atom is -0.350 e. The second kappa shape index (κ2) is 7.64. The molecule has 7 nitrogen and oxygen atoms in total. The second-order valence-corrected chi connectivity index (χ2v) is 8.07. The van der Waals surface area contributed by atoms with Crippen molar-refractivity contribution in [2.24, 2.45) is 0 Å². The summed E-state index contributed by atoms with van der Waals surface area (Å²) in [7, 11) is 0. The monoisotopic (exact) mass is 451 g/mol. The zero-order valence-corrected chi connectivity index (χ0v) is 17.5. The van der Waals surface area contributed by atoms with Crippen LogP contribution in [0.15, 0.2) is 24.4 Å². The van der Waals surface area contributed by atoms with Crippen molar-refractivity contribution in [3.8, 4) is 0 Å². The molecule has 3 aromatic rings. The predicted molar refractivity (Wildman–Crippen MR) is 108 cm³/mol. The Morgan fingerprint density at radius 2 is 2.00 bits per heavy atom. The van der Waals surface area contributed by atoms with Gasteiger partial charge in [-0.25, -0.2) is 4.39 Å². The van der Waals surface area contributed by atoms with Crippen LogP contribution in [-0.2, 0) is 13.1 Å². The van der Waals surface area contributed by atoms with Crippen LogP contribution >= 0.6 is 0 Å². The molecular weight excluding hydrogens is 430 g/mol. The topological polar surface area (TPSA) is 83.0 Å². The Balaban J connectivity index is 1.61. The molecule has 1 aliphatic rings. The lowest BCUT2D eigenvalue weighted by Gasteiger charge is -2.34. The highest BCUT2D eigenvalue weighted by Crippen LogP contribution is 2.26. The molecule has 0 aliphatic carbocycles. The van der Waals surface area contributed by atoms with Crippen LogP contribution in [0.3, 0.4) is 0 Å². The van der Waals surface area contributed by atoms with Crippen LogP contribution in [0, 0.1) is 12.7 Å². The lowest BCUT2D eigenvalue weighted by molar-refractivity contribution is -0.149. The van der Waals surface area contributed by atoms with Gasteiger partial charge < -0.3 is 15.2 Å². The first-order valence-electron chi connectivity index (χ1n) is 9.97. The Morgan fingerprint density at radius 3 is 2.69 bits per heavy atom. The van der Waals surface area contributed by atoms with Crippen LogP contribution in [-0.4, -0.2) is 49.7 Å². The number of alkyl halides is 3. The molecule has 2 N–H and O–H groups in total. The first-order valence-corrected chi connectivity index (χ1v) is 9.97. The van der Waals surface area contributed by atoms with Gasteiger partial charge in [0.1, 0.15) is 17.6 Å². The third kappa shape index (κ3) is 3.82. The molecule has 3 heterocycles. The average molecular weight is 451 g/mol. The average Bonchev–Trinajstić information content (AvgIpc) is 3.30. The number of H-pyrrole nitrogens is 1. The van der Waals surface area contributed by atoms with E-state index in [9.17, 15) is 27.2 Å². The smallest absolute Gasteiger partial charge is 0.350 e. The Bertz CT molecular complexity index is 1210. The third-order valence-corrected chi connectivity index (χ3v) is 5.72. The summed E-state index contributed by atoms with van der Waals surface area (Å²) in [4.78, 5) is 30.1. The van der Waals surface area contributed by atoms with E-state index in [1.165, 1.54) is 27.9 Å². The number of hydrogen-bond donors (Lipinski definition) is 2. The number of aromatic nitrogens is 3. The van der Waals surface area contributed by atoms with E-state index in [1.807, 2.05) is 12.2 Å². The maximum atomic E-state index is 13.7. The molecule has 1 aromatic carbocycles. The maximum absolute atomic E-state index is 13.7. The number of benzene rings is 1. The molecule has 2 aromatic heterocycles. The summed E-state index contributed by atoms with van der Waals surface area (Å²) in [6, 6.07) is 2.01. The molecule has 0 saturated heterocycles. The van der Waals surface area contributed by atoms with Crippen molar-refractivity contribution in [3.63, 3.8) is 0 Å². The van der Waals surface area contributed by atoms with E-state index in [-0.39, 0.29) is 36.3 Å². The molecule has 2 unspecified atom stereocenters. The molecule has 0 radical (unpaired) electrons. The first-order chi connectivity index (χ1) is 15.0.